The summed E-state index contributed by atoms with van der Waals surface area (Å²) in [5.41, 5.74) is 0. The molecule has 0 aliphatic rings. The van der Waals surface area contributed by atoms with E-state index in [2.05, 4.69) is 4.74 Å². The lowest BCUT2D eigenvalue weighted by molar-refractivity contribution is -0.380. The number of carbonyl (C=O) groups excluding carboxylic acids is 2. The molecule has 92 valence electrons. The first-order valence-corrected chi connectivity index (χ1v) is 5.37. The highest BCUT2D eigenvalue weighted by atomic mass is 32.1. The summed E-state index contributed by atoms with van der Waals surface area (Å²) in [5.74, 6) is -1.14. The molecule has 0 aliphatic heterocycles. The monoisotopic (exact) mass is 259 g/mol. The molecule has 0 amide bonds. The zero-order valence-electron chi connectivity index (χ0n) is 8.87. The predicted molar refractivity (Wildman–Crippen MR) is 57.9 cm³/mol. The van der Waals surface area contributed by atoms with Crippen molar-refractivity contribution < 1.29 is 24.0 Å². The van der Waals surface area contributed by atoms with Gasteiger partial charge in [-0.1, -0.05) is 11.3 Å². The number of rotatable bonds is 5. The van der Waals surface area contributed by atoms with Gasteiger partial charge in [0.2, 0.25) is 0 Å². The third-order valence-corrected chi connectivity index (χ3v) is 2.61. The molecule has 0 saturated carbocycles. The number of hydrogen-bond donors (Lipinski definition) is 0. The van der Waals surface area contributed by atoms with E-state index in [1.165, 1.54) is 19.1 Å². The second kappa shape index (κ2) is 5.94. The van der Waals surface area contributed by atoms with Gasteiger partial charge in [-0.2, -0.15) is 0 Å². The second-order valence-electron chi connectivity index (χ2n) is 2.87. The fourth-order valence-corrected chi connectivity index (χ4v) is 1.64. The van der Waals surface area contributed by atoms with Crippen LogP contribution < -0.4 is 0 Å². The van der Waals surface area contributed by atoms with E-state index in [1.807, 2.05) is 0 Å². The number of carbonyl (C=O) groups is 2. The minimum atomic E-state index is -0.671. The highest BCUT2D eigenvalue weighted by molar-refractivity contribution is 7.17. The normalized spacial score (nSPS) is 9.71. The van der Waals surface area contributed by atoms with E-state index in [0.29, 0.717) is 0 Å². The SMILES string of the molecule is CC(=O)OCCOC(=O)c1ccc([N+](=O)[O-])s1. The molecule has 0 radical (unpaired) electrons. The Morgan fingerprint density at radius 1 is 1.35 bits per heavy atom. The van der Waals surface area contributed by atoms with Crippen molar-refractivity contribution in [1.29, 1.82) is 0 Å². The summed E-state index contributed by atoms with van der Waals surface area (Å²) in [5, 5.41) is 10.3. The average Bonchev–Trinajstić information content (AvgIpc) is 2.73. The van der Waals surface area contributed by atoms with Crippen molar-refractivity contribution in [3.8, 4) is 0 Å². The number of nitrogens with zero attached hydrogens (tertiary/aromatic N) is 1. The van der Waals surface area contributed by atoms with Gasteiger partial charge in [0.15, 0.2) is 0 Å². The first kappa shape index (κ1) is 13.1. The molecule has 1 rings (SSSR count). The van der Waals surface area contributed by atoms with E-state index in [0.717, 1.165) is 11.3 Å². The molecule has 0 aliphatic carbocycles. The van der Waals surface area contributed by atoms with Crippen LogP contribution in [0, 0.1) is 10.1 Å². The van der Waals surface area contributed by atoms with E-state index in [1.54, 1.807) is 0 Å². The number of thiophene rings is 1. The zero-order chi connectivity index (χ0) is 12.8. The van der Waals surface area contributed by atoms with Gasteiger partial charge in [0.05, 0.1) is 4.92 Å². The zero-order valence-corrected chi connectivity index (χ0v) is 9.69. The Labute approximate surface area is 100 Å². The summed E-state index contributed by atoms with van der Waals surface area (Å²) < 4.78 is 9.29. The van der Waals surface area contributed by atoms with E-state index < -0.39 is 16.9 Å². The van der Waals surface area contributed by atoms with Crippen molar-refractivity contribution in [3.63, 3.8) is 0 Å². The fraction of sp³-hybridized carbons (Fsp3) is 0.333. The number of nitro groups is 1. The van der Waals surface area contributed by atoms with Crippen LogP contribution in [-0.2, 0) is 14.3 Å². The molecule has 1 aromatic rings. The van der Waals surface area contributed by atoms with Crippen LogP contribution in [0.4, 0.5) is 5.00 Å². The summed E-state index contributed by atoms with van der Waals surface area (Å²) >= 11 is 0.732. The Kier molecular flexibility index (Phi) is 4.58. The average molecular weight is 259 g/mol. The van der Waals surface area contributed by atoms with Crippen LogP contribution in [-0.4, -0.2) is 30.1 Å². The maximum Gasteiger partial charge on any atom is 0.348 e. The highest BCUT2D eigenvalue weighted by Gasteiger charge is 2.16. The van der Waals surface area contributed by atoms with Gasteiger partial charge in [-0.25, -0.2) is 4.79 Å². The van der Waals surface area contributed by atoms with Crippen molar-refractivity contribution in [2.45, 2.75) is 6.92 Å². The summed E-state index contributed by atoms with van der Waals surface area (Å²) in [6.45, 7) is 1.13. The molecule has 0 unspecified atom stereocenters. The number of hydrogen-bond acceptors (Lipinski definition) is 7. The van der Waals surface area contributed by atoms with Crippen molar-refractivity contribution in [2.24, 2.45) is 0 Å². The van der Waals surface area contributed by atoms with Gasteiger partial charge in [0, 0.05) is 13.0 Å². The molecule has 7 nitrogen and oxygen atoms in total. The highest BCUT2D eigenvalue weighted by Crippen LogP contribution is 2.24. The summed E-state index contributed by atoms with van der Waals surface area (Å²) in [7, 11) is 0. The molecule has 17 heavy (non-hydrogen) atoms. The molecule has 0 fully saturated rings. The van der Waals surface area contributed by atoms with Gasteiger partial charge in [-0.05, 0) is 6.07 Å². The molecular weight excluding hydrogens is 250 g/mol. The Bertz CT molecular complexity index is 440. The molecule has 0 atom stereocenters. The lowest BCUT2D eigenvalue weighted by Crippen LogP contribution is -2.11. The smallest absolute Gasteiger partial charge is 0.348 e. The summed E-state index contributed by atoms with van der Waals surface area (Å²) in [4.78, 5) is 31.7. The standard InChI is InChI=1S/C9H9NO6S/c1-6(11)15-4-5-16-9(12)7-2-3-8(17-7)10(13)14/h2-3H,4-5H2,1H3. The third kappa shape index (κ3) is 4.19. The van der Waals surface area contributed by atoms with Gasteiger partial charge in [0.1, 0.15) is 18.1 Å². The van der Waals surface area contributed by atoms with Gasteiger partial charge in [0.25, 0.3) is 0 Å². The maximum absolute atomic E-state index is 11.4. The second-order valence-corrected chi connectivity index (χ2v) is 3.93. The van der Waals surface area contributed by atoms with Crippen LogP contribution in [0.3, 0.4) is 0 Å². The van der Waals surface area contributed by atoms with Gasteiger partial charge in [-0.3, -0.25) is 14.9 Å². The van der Waals surface area contributed by atoms with Crippen molar-refractivity contribution in [3.05, 3.63) is 27.1 Å². The van der Waals surface area contributed by atoms with Gasteiger partial charge in [-0.15, -0.1) is 0 Å². The third-order valence-electron chi connectivity index (χ3n) is 1.59. The van der Waals surface area contributed by atoms with Gasteiger partial charge >= 0.3 is 16.9 Å². The van der Waals surface area contributed by atoms with E-state index in [-0.39, 0.29) is 23.1 Å². The van der Waals surface area contributed by atoms with E-state index in [9.17, 15) is 19.7 Å². The van der Waals surface area contributed by atoms with Crippen LogP contribution in [0.5, 0.6) is 0 Å². The molecule has 0 saturated heterocycles. The van der Waals surface area contributed by atoms with Crippen LogP contribution >= 0.6 is 11.3 Å². The minimum Gasteiger partial charge on any atom is -0.462 e. The largest absolute Gasteiger partial charge is 0.462 e. The molecule has 8 heteroatoms. The molecule has 1 aromatic heterocycles. The van der Waals surface area contributed by atoms with Gasteiger partial charge < -0.3 is 9.47 Å². The van der Waals surface area contributed by atoms with Crippen molar-refractivity contribution in [1.82, 2.24) is 0 Å². The first-order valence-electron chi connectivity index (χ1n) is 4.55. The van der Waals surface area contributed by atoms with Crippen LogP contribution in [0.2, 0.25) is 0 Å². The molecule has 0 N–H and O–H groups in total. The Morgan fingerprint density at radius 2 is 2.00 bits per heavy atom. The summed E-state index contributed by atoms with van der Waals surface area (Å²) in [6.07, 6.45) is 0. The fourth-order valence-electron chi connectivity index (χ4n) is 0.926. The van der Waals surface area contributed by atoms with Crippen LogP contribution in [0.15, 0.2) is 12.1 Å². The van der Waals surface area contributed by atoms with E-state index in [4.69, 9.17) is 4.74 Å². The minimum absolute atomic E-state index is 0.0332. The van der Waals surface area contributed by atoms with Crippen LogP contribution in [0.25, 0.3) is 0 Å². The Morgan fingerprint density at radius 3 is 2.53 bits per heavy atom. The maximum atomic E-state index is 11.4. The quantitative estimate of drug-likeness (QED) is 0.343. The molecule has 0 spiro atoms. The topological polar surface area (TPSA) is 95.7 Å². The van der Waals surface area contributed by atoms with Crippen molar-refractivity contribution >= 4 is 28.3 Å². The Balaban J connectivity index is 2.41. The predicted octanol–water partition coefficient (Wildman–Crippen LogP) is 1.38. The van der Waals surface area contributed by atoms with Crippen molar-refractivity contribution in [2.75, 3.05) is 13.2 Å². The lowest BCUT2D eigenvalue weighted by Gasteiger charge is -2.02. The summed E-state index contributed by atoms with van der Waals surface area (Å²) in [6, 6.07) is 2.55. The lowest BCUT2D eigenvalue weighted by atomic mass is 10.5. The van der Waals surface area contributed by atoms with Crippen LogP contribution in [0.1, 0.15) is 16.6 Å². The number of esters is 2. The van der Waals surface area contributed by atoms with E-state index >= 15 is 0 Å². The Hall–Kier alpha value is -1.96. The molecule has 0 aromatic carbocycles. The first-order chi connectivity index (χ1) is 8.00. The molecule has 0 bridgehead atoms. The number of ether oxygens (including phenoxy) is 2. The molecule has 1 heterocycles. The molecular formula is C9H9NO6S.